The van der Waals surface area contributed by atoms with Crippen LogP contribution in [0.5, 0.6) is 0 Å². The monoisotopic (exact) mass is 267 g/mol. The highest BCUT2D eigenvalue weighted by molar-refractivity contribution is 7.89. The largest absolute Gasteiger partial charge is 0.371 e. The van der Waals surface area contributed by atoms with Crippen molar-refractivity contribution < 1.29 is 13.2 Å². The number of benzene rings is 1. The average Bonchev–Trinajstić information content (AvgIpc) is 2.39. The number of nitrogens with zero attached hydrogens (tertiary/aromatic N) is 1. The minimum atomic E-state index is -3.42. The topological polar surface area (TPSA) is 46.6 Å². The van der Waals surface area contributed by atoms with Gasteiger partial charge in [-0.3, -0.25) is 0 Å². The maximum absolute atomic E-state index is 12.4. The van der Waals surface area contributed by atoms with E-state index in [1.807, 2.05) is 6.92 Å². The number of hydrogen-bond donors (Lipinski definition) is 0. The molecule has 0 aromatic heterocycles. The van der Waals surface area contributed by atoms with Crippen LogP contribution in [0, 0.1) is 6.92 Å². The zero-order valence-electron chi connectivity index (χ0n) is 10.4. The van der Waals surface area contributed by atoms with Gasteiger partial charge in [0.25, 0.3) is 0 Å². The molecule has 4 nitrogen and oxygen atoms in total. The van der Waals surface area contributed by atoms with Crippen LogP contribution in [0.3, 0.4) is 0 Å². The summed E-state index contributed by atoms with van der Waals surface area (Å²) >= 11 is 0. The van der Waals surface area contributed by atoms with E-state index >= 15 is 0 Å². The SMILES string of the molecule is C=C[C@H]1CN(S(=O)(=O)c2ccc(C)cc2)CCO1. The van der Waals surface area contributed by atoms with E-state index in [1.165, 1.54) is 4.31 Å². The minimum Gasteiger partial charge on any atom is -0.371 e. The molecule has 0 saturated carbocycles. The van der Waals surface area contributed by atoms with E-state index in [1.54, 1.807) is 30.3 Å². The lowest BCUT2D eigenvalue weighted by Crippen LogP contribution is -2.44. The number of sulfonamides is 1. The van der Waals surface area contributed by atoms with Crippen molar-refractivity contribution >= 4 is 10.0 Å². The van der Waals surface area contributed by atoms with Crippen molar-refractivity contribution in [1.82, 2.24) is 4.31 Å². The Labute approximate surface area is 108 Å². The number of morpholine rings is 1. The summed E-state index contributed by atoms with van der Waals surface area (Å²) in [5, 5.41) is 0. The molecule has 1 heterocycles. The normalized spacial score (nSPS) is 21.7. The van der Waals surface area contributed by atoms with Gasteiger partial charge < -0.3 is 4.74 Å². The minimum absolute atomic E-state index is 0.223. The van der Waals surface area contributed by atoms with Crippen LogP contribution in [0.25, 0.3) is 0 Å². The van der Waals surface area contributed by atoms with E-state index in [0.717, 1.165) is 5.56 Å². The molecule has 98 valence electrons. The second kappa shape index (κ2) is 5.22. The molecule has 18 heavy (non-hydrogen) atoms. The molecule has 2 rings (SSSR count). The van der Waals surface area contributed by atoms with E-state index in [0.29, 0.717) is 24.6 Å². The number of rotatable bonds is 3. The summed E-state index contributed by atoms with van der Waals surface area (Å²) in [5.41, 5.74) is 1.04. The number of ether oxygens (including phenoxy) is 1. The number of aryl methyl sites for hydroxylation is 1. The van der Waals surface area contributed by atoms with E-state index in [9.17, 15) is 8.42 Å². The molecular weight excluding hydrogens is 250 g/mol. The molecule has 0 unspecified atom stereocenters. The standard InChI is InChI=1S/C13H17NO3S/c1-3-12-10-14(8-9-17-12)18(15,16)13-6-4-11(2)5-7-13/h3-7,12H,1,8-10H2,2H3/t12-/m0/s1. The molecule has 0 spiro atoms. The predicted molar refractivity (Wildman–Crippen MR) is 69.9 cm³/mol. The van der Waals surface area contributed by atoms with E-state index in [4.69, 9.17) is 4.74 Å². The first-order chi connectivity index (χ1) is 8.54. The van der Waals surface area contributed by atoms with Crippen LogP contribution in [0.1, 0.15) is 5.56 Å². The van der Waals surface area contributed by atoms with Crippen LogP contribution in [0.4, 0.5) is 0 Å². The first kappa shape index (κ1) is 13.3. The molecular formula is C13H17NO3S. The Bertz CT molecular complexity index is 522. The Morgan fingerprint density at radius 2 is 2.06 bits per heavy atom. The molecule has 1 saturated heterocycles. The molecule has 1 fully saturated rings. The third kappa shape index (κ3) is 2.63. The molecule has 1 aromatic carbocycles. The first-order valence-corrected chi connectivity index (χ1v) is 7.29. The Balaban J connectivity index is 2.25. The molecule has 0 N–H and O–H groups in total. The van der Waals surface area contributed by atoms with Gasteiger partial charge in [0.05, 0.1) is 17.6 Å². The van der Waals surface area contributed by atoms with Crippen molar-refractivity contribution in [2.45, 2.75) is 17.9 Å². The zero-order chi connectivity index (χ0) is 13.2. The summed E-state index contributed by atoms with van der Waals surface area (Å²) in [7, 11) is -3.42. The van der Waals surface area contributed by atoms with Crippen molar-refractivity contribution in [2.24, 2.45) is 0 Å². The second-order valence-corrected chi connectivity index (χ2v) is 6.26. The lowest BCUT2D eigenvalue weighted by Gasteiger charge is -2.30. The molecule has 0 amide bonds. The van der Waals surface area contributed by atoms with Crippen LogP contribution in [0.2, 0.25) is 0 Å². The summed E-state index contributed by atoms with van der Waals surface area (Å²) < 4.78 is 31.6. The van der Waals surface area contributed by atoms with Crippen molar-refractivity contribution in [3.8, 4) is 0 Å². The maximum Gasteiger partial charge on any atom is 0.243 e. The number of hydrogen-bond acceptors (Lipinski definition) is 3. The van der Waals surface area contributed by atoms with E-state index in [2.05, 4.69) is 6.58 Å². The fourth-order valence-corrected chi connectivity index (χ4v) is 3.31. The van der Waals surface area contributed by atoms with Crippen molar-refractivity contribution in [3.63, 3.8) is 0 Å². The lowest BCUT2D eigenvalue weighted by atomic mass is 10.2. The van der Waals surface area contributed by atoms with Crippen molar-refractivity contribution in [1.29, 1.82) is 0 Å². The van der Waals surface area contributed by atoms with E-state index < -0.39 is 10.0 Å². The highest BCUT2D eigenvalue weighted by atomic mass is 32.2. The van der Waals surface area contributed by atoms with E-state index in [-0.39, 0.29) is 6.10 Å². The first-order valence-electron chi connectivity index (χ1n) is 5.85. The molecule has 0 radical (unpaired) electrons. The van der Waals surface area contributed by atoms with Crippen LogP contribution in [-0.4, -0.2) is 38.5 Å². The van der Waals surface area contributed by atoms with Crippen molar-refractivity contribution in [2.75, 3.05) is 19.7 Å². The van der Waals surface area contributed by atoms with Crippen molar-refractivity contribution in [3.05, 3.63) is 42.5 Å². The quantitative estimate of drug-likeness (QED) is 0.781. The highest BCUT2D eigenvalue weighted by Gasteiger charge is 2.29. The maximum atomic E-state index is 12.4. The molecule has 5 heteroatoms. The Morgan fingerprint density at radius 1 is 1.39 bits per heavy atom. The van der Waals surface area contributed by atoms with Crippen LogP contribution >= 0.6 is 0 Å². The van der Waals surface area contributed by atoms with Gasteiger partial charge in [0.1, 0.15) is 0 Å². The zero-order valence-corrected chi connectivity index (χ0v) is 11.2. The molecule has 1 aliphatic heterocycles. The fourth-order valence-electron chi connectivity index (χ4n) is 1.87. The van der Waals surface area contributed by atoms with Gasteiger partial charge in [0.15, 0.2) is 0 Å². The van der Waals surface area contributed by atoms with Gasteiger partial charge in [-0.15, -0.1) is 6.58 Å². The van der Waals surface area contributed by atoms with Gasteiger partial charge in [-0.1, -0.05) is 23.8 Å². The second-order valence-electron chi connectivity index (χ2n) is 4.32. The average molecular weight is 267 g/mol. The van der Waals surface area contributed by atoms with Gasteiger partial charge in [-0.05, 0) is 19.1 Å². The highest BCUT2D eigenvalue weighted by Crippen LogP contribution is 2.19. The molecule has 1 atom stereocenters. The third-order valence-electron chi connectivity index (χ3n) is 2.98. The molecule has 0 bridgehead atoms. The Kier molecular flexibility index (Phi) is 3.85. The molecule has 1 aromatic rings. The smallest absolute Gasteiger partial charge is 0.243 e. The third-order valence-corrected chi connectivity index (χ3v) is 4.86. The summed E-state index contributed by atoms with van der Waals surface area (Å²) in [6.45, 7) is 6.70. The summed E-state index contributed by atoms with van der Waals surface area (Å²) in [6.07, 6.45) is 1.41. The Hall–Kier alpha value is -1.17. The summed E-state index contributed by atoms with van der Waals surface area (Å²) in [4.78, 5) is 0.331. The van der Waals surface area contributed by atoms with Gasteiger partial charge in [0, 0.05) is 13.1 Å². The van der Waals surface area contributed by atoms with Gasteiger partial charge in [-0.2, -0.15) is 4.31 Å². The molecule has 1 aliphatic rings. The molecule has 0 aliphatic carbocycles. The summed E-state index contributed by atoms with van der Waals surface area (Å²) in [5.74, 6) is 0. The van der Waals surface area contributed by atoms with Gasteiger partial charge >= 0.3 is 0 Å². The fraction of sp³-hybridized carbons (Fsp3) is 0.385. The van der Waals surface area contributed by atoms with Gasteiger partial charge in [-0.25, -0.2) is 8.42 Å². The summed E-state index contributed by atoms with van der Waals surface area (Å²) in [6, 6.07) is 6.89. The lowest BCUT2D eigenvalue weighted by molar-refractivity contribution is 0.0270. The van der Waals surface area contributed by atoms with Crippen LogP contribution in [-0.2, 0) is 14.8 Å². The van der Waals surface area contributed by atoms with Crippen LogP contribution in [0.15, 0.2) is 41.8 Å². The predicted octanol–water partition coefficient (Wildman–Crippen LogP) is 1.57. The Morgan fingerprint density at radius 3 is 2.67 bits per heavy atom. The van der Waals surface area contributed by atoms with Gasteiger partial charge in [0.2, 0.25) is 10.0 Å². The van der Waals surface area contributed by atoms with Crippen LogP contribution < -0.4 is 0 Å².